The standard InChI is InChI=1S/C12H16BrNS/c1-7(2)10-6-15-11-5-8(3)4-9(13)12(11)14-10/h4-5,7,10,14H,6H2,1-3H3. The summed E-state index contributed by atoms with van der Waals surface area (Å²) in [5, 5.41) is 3.62. The highest BCUT2D eigenvalue weighted by atomic mass is 79.9. The number of anilines is 1. The molecule has 15 heavy (non-hydrogen) atoms. The molecule has 1 N–H and O–H groups in total. The van der Waals surface area contributed by atoms with E-state index in [0.29, 0.717) is 12.0 Å². The Balaban J connectivity index is 2.33. The van der Waals surface area contributed by atoms with E-state index < -0.39 is 0 Å². The molecule has 0 bridgehead atoms. The zero-order chi connectivity index (χ0) is 11.0. The number of benzene rings is 1. The lowest BCUT2D eigenvalue weighted by molar-refractivity contribution is 0.562. The molecule has 0 aromatic heterocycles. The maximum atomic E-state index is 3.63. The molecule has 1 atom stereocenters. The molecule has 0 radical (unpaired) electrons. The van der Waals surface area contributed by atoms with Gasteiger partial charge in [-0.1, -0.05) is 13.8 Å². The molecule has 0 aliphatic carbocycles. The summed E-state index contributed by atoms with van der Waals surface area (Å²) >= 11 is 5.59. The number of rotatable bonds is 1. The minimum atomic E-state index is 0.585. The van der Waals surface area contributed by atoms with Gasteiger partial charge in [0.15, 0.2) is 0 Å². The maximum Gasteiger partial charge on any atom is 0.0625 e. The Hall–Kier alpha value is -0.150. The summed E-state index contributed by atoms with van der Waals surface area (Å²) in [7, 11) is 0. The SMILES string of the molecule is Cc1cc(Br)c2c(c1)SCC(C(C)C)N2. The second kappa shape index (κ2) is 4.38. The third-order valence-electron chi connectivity index (χ3n) is 2.75. The van der Waals surface area contributed by atoms with Crippen molar-refractivity contribution in [2.45, 2.75) is 31.7 Å². The lowest BCUT2D eigenvalue weighted by atomic mass is 10.1. The molecular formula is C12H16BrNS. The predicted octanol–water partition coefficient (Wildman–Crippen LogP) is 4.30. The van der Waals surface area contributed by atoms with E-state index in [4.69, 9.17) is 0 Å². The Morgan fingerprint density at radius 2 is 2.20 bits per heavy atom. The normalized spacial score (nSPS) is 19.9. The summed E-state index contributed by atoms with van der Waals surface area (Å²) in [5.41, 5.74) is 2.59. The first-order valence-electron chi connectivity index (χ1n) is 5.27. The molecule has 1 aromatic carbocycles. The van der Waals surface area contributed by atoms with Crippen LogP contribution in [0.25, 0.3) is 0 Å². The van der Waals surface area contributed by atoms with Crippen LogP contribution in [0, 0.1) is 12.8 Å². The van der Waals surface area contributed by atoms with Crippen molar-refractivity contribution in [3.63, 3.8) is 0 Å². The number of hydrogen-bond acceptors (Lipinski definition) is 2. The molecule has 3 heteroatoms. The van der Waals surface area contributed by atoms with Crippen LogP contribution in [0.4, 0.5) is 5.69 Å². The smallest absolute Gasteiger partial charge is 0.0625 e. The Bertz CT molecular complexity index is 376. The van der Waals surface area contributed by atoms with Crippen LogP contribution in [0.5, 0.6) is 0 Å². The summed E-state index contributed by atoms with van der Waals surface area (Å²) in [6.45, 7) is 6.68. The second-order valence-electron chi connectivity index (χ2n) is 4.43. The molecule has 0 spiro atoms. The summed E-state index contributed by atoms with van der Waals surface area (Å²) in [5.74, 6) is 1.85. The van der Waals surface area contributed by atoms with E-state index in [0.717, 1.165) is 0 Å². The lowest BCUT2D eigenvalue weighted by Crippen LogP contribution is -2.31. The Morgan fingerprint density at radius 3 is 2.87 bits per heavy atom. The number of halogens is 1. The van der Waals surface area contributed by atoms with Crippen LogP contribution in [0.3, 0.4) is 0 Å². The van der Waals surface area contributed by atoms with Crippen LogP contribution in [0.15, 0.2) is 21.5 Å². The minimum absolute atomic E-state index is 0.585. The quantitative estimate of drug-likeness (QED) is 0.826. The number of nitrogens with one attached hydrogen (secondary N) is 1. The molecule has 1 aromatic rings. The van der Waals surface area contributed by atoms with Crippen molar-refractivity contribution in [3.05, 3.63) is 22.2 Å². The predicted molar refractivity (Wildman–Crippen MR) is 71.9 cm³/mol. The van der Waals surface area contributed by atoms with Crippen LogP contribution >= 0.6 is 27.7 Å². The highest BCUT2D eigenvalue weighted by Crippen LogP contribution is 2.40. The third kappa shape index (κ3) is 2.34. The van der Waals surface area contributed by atoms with Crippen LogP contribution in [-0.2, 0) is 0 Å². The molecule has 0 fully saturated rings. The van der Waals surface area contributed by atoms with E-state index in [2.05, 4.69) is 54.2 Å². The molecule has 0 amide bonds. The highest BCUT2D eigenvalue weighted by Gasteiger charge is 2.22. The molecule has 0 saturated heterocycles. The van der Waals surface area contributed by atoms with Gasteiger partial charge in [0, 0.05) is 21.2 Å². The summed E-state index contributed by atoms with van der Waals surface area (Å²) in [6, 6.07) is 5.02. The van der Waals surface area contributed by atoms with Gasteiger partial charge in [0.1, 0.15) is 0 Å². The third-order valence-corrected chi connectivity index (χ3v) is 4.54. The van der Waals surface area contributed by atoms with Crippen molar-refractivity contribution >= 4 is 33.4 Å². The molecule has 1 unspecified atom stereocenters. The van der Waals surface area contributed by atoms with Crippen molar-refractivity contribution in [1.82, 2.24) is 0 Å². The fourth-order valence-electron chi connectivity index (χ4n) is 1.73. The first-order chi connectivity index (χ1) is 7.08. The van der Waals surface area contributed by atoms with Crippen molar-refractivity contribution in [2.24, 2.45) is 5.92 Å². The van der Waals surface area contributed by atoms with Crippen LogP contribution < -0.4 is 5.32 Å². The van der Waals surface area contributed by atoms with E-state index >= 15 is 0 Å². The van der Waals surface area contributed by atoms with Gasteiger partial charge in [0.2, 0.25) is 0 Å². The molecule has 1 aliphatic rings. The molecular weight excluding hydrogens is 270 g/mol. The monoisotopic (exact) mass is 285 g/mol. The molecule has 1 nitrogen and oxygen atoms in total. The van der Waals surface area contributed by atoms with Crippen molar-refractivity contribution in [1.29, 1.82) is 0 Å². The van der Waals surface area contributed by atoms with Gasteiger partial charge < -0.3 is 5.32 Å². The van der Waals surface area contributed by atoms with Gasteiger partial charge >= 0.3 is 0 Å². The molecule has 1 aliphatic heterocycles. The summed E-state index contributed by atoms with van der Waals surface area (Å²) < 4.78 is 1.19. The maximum absolute atomic E-state index is 3.63. The van der Waals surface area contributed by atoms with Gasteiger partial charge in [-0.05, 0) is 46.5 Å². The van der Waals surface area contributed by atoms with E-state index in [1.54, 1.807) is 0 Å². The molecule has 2 rings (SSSR count). The Labute approximate surface area is 104 Å². The van der Waals surface area contributed by atoms with Gasteiger partial charge in [0.05, 0.1) is 5.69 Å². The second-order valence-corrected chi connectivity index (χ2v) is 6.34. The van der Waals surface area contributed by atoms with Gasteiger partial charge in [-0.2, -0.15) is 0 Å². The molecule has 82 valence electrons. The first kappa shape index (κ1) is 11.3. The number of hydrogen-bond donors (Lipinski definition) is 1. The Morgan fingerprint density at radius 1 is 1.47 bits per heavy atom. The zero-order valence-corrected chi connectivity index (χ0v) is 11.7. The number of aryl methyl sites for hydroxylation is 1. The zero-order valence-electron chi connectivity index (χ0n) is 9.30. The van der Waals surface area contributed by atoms with Crippen molar-refractivity contribution < 1.29 is 0 Å². The van der Waals surface area contributed by atoms with Crippen molar-refractivity contribution in [3.8, 4) is 0 Å². The molecule has 0 saturated carbocycles. The number of fused-ring (bicyclic) bond motifs is 1. The number of thioether (sulfide) groups is 1. The average Bonchev–Trinajstić information content (AvgIpc) is 2.16. The van der Waals surface area contributed by atoms with E-state index in [-0.39, 0.29) is 0 Å². The summed E-state index contributed by atoms with van der Waals surface area (Å²) in [6.07, 6.45) is 0. The topological polar surface area (TPSA) is 12.0 Å². The Kier molecular flexibility index (Phi) is 3.31. The van der Waals surface area contributed by atoms with Crippen LogP contribution in [0.1, 0.15) is 19.4 Å². The van der Waals surface area contributed by atoms with E-state index in [1.165, 1.54) is 26.4 Å². The molecule has 1 heterocycles. The van der Waals surface area contributed by atoms with Crippen LogP contribution in [0.2, 0.25) is 0 Å². The lowest BCUT2D eigenvalue weighted by Gasteiger charge is -2.30. The largest absolute Gasteiger partial charge is 0.379 e. The van der Waals surface area contributed by atoms with Gasteiger partial charge in [-0.25, -0.2) is 0 Å². The van der Waals surface area contributed by atoms with Crippen LogP contribution in [-0.4, -0.2) is 11.8 Å². The van der Waals surface area contributed by atoms with Gasteiger partial charge in [-0.15, -0.1) is 11.8 Å². The first-order valence-corrected chi connectivity index (χ1v) is 7.05. The average molecular weight is 286 g/mol. The fourth-order valence-corrected chi connectivity index (χ4v) is 3.96. The van der Waals surface area contributed by atoms with Gasteiger partial charge in [-0.3, -0.25) is 0 Å². The minimum Gasteiger partial charge on any atom is -0.379 e. The van der Waals surface area contributed by atoms with Gasteiger partial charge in [0.25, 0.3) is 0 Å². The van der Waals surface area contributed by atoms with Crippen molar-refractivity contribution in [2.75, 3.05) is 11.1 Å². The highest BCUT2D eigenvalue weighted by molar-refractivity contribution is 9.10. The summed E-state index contributed by atoms with van der Waals surface area (Å²) in [4.78, 5) is 1.37. The fraction of sp³-hybridized carbons (Fsp3) is 0.500. The van der Waals surface area contributed by atoms with E-state index in [9.17, 15) is 0 Å². The van der Waals surface area contributed by atoms with E-state index in [1.807, 2.05) is 11.8 Å².